The van der Waals surface area contributed by atoms with Crippen molar-refractivity contribution in [1.29, 1.82) is 0 Å². The fraction of sp³-hybridized carbons (Fsp3) is 0.836. The number of carbonyl (C=O) groups excluding carboxylic acids is 3. The number of hydrogen-bond acceptors (Lipinski definition) is 6. The molecule has 0 saturated heterocycles. The standard InChI is InChI=1S/C67H122O6/c1-4-7-10-13-16-19-22-25-28-31-33-34-37-39-42-45-48-51-54-57-60-66(69)72-63-64(62-71-65(68)59-56-53-50-47-44-41-38-35-30-27-24-21-18-15-12-9-6-3)73-67(70)61-58-55-52-49-46-43-40-36-32-29-26-23-20-17-14-11-8-5-2/h9,12,18,21,27,29-30,32,64H,4-8,10-11,13-17,19-20,22-26,28,31,33-63H2,1-3H3/b12-9-,21-18-,30-27-,32-29-. The van der Waals surface area contributed by atoms with Crippen molar-refractivity contribution in [1.82, 2.24) is 0 Å². The zero-order valence-electron chi connectivity index (χ0n) is 48.9. The van der Waals surface area contributed by atoms with Crippen molar-refractivity contribution < 1.29 is 28.6 Å². The predicted octanol–water partition coefficient (Wildman–Crippen LogP) is 21.8. The van der Waals surface area contributed by atoms with Crippen LogP contribution in [0.4, 0.5) is 0 Å². The number of allylic oxidation sites excluding steroid dienone is 8. The summed E-state index contributed by atoms with van der Waals surface area (Å²) in [6.07, 6.45) is 76.8. The van der Waals surface area contributed by atoms with E-state index in [4.69, 9.17) is 14.2 Å². The van der Waals surface area contributed by atoms with Crippen LogP contribution in [-0.4, -0.2) is 37.2 Å². The molecule has 0 amide bonds. The second-order valence-corrected chi connectivity index (χ2v) is 21.6. The van der Waals surface area contributed by atoms with E-state index in [1.165, 1.54) is 218 Å². The fourth-order valence-corrected chi connectivity index (χ4v) is 9.51. The Bertz CT molecular complexity index is 1270. The summed E-state index contributed by atoms with van der Waals surface area (Å²) >= 11 is 0. The van der Waals surface area contributed by atoms with Crippen molar-refractivity contribution in [2.75, 3.05) is 13.2 Å². The lowest BCUT2D eigenvalue weighted by atomic mass is 10.0. The first-order chi connectivity index (χ1) is 36.0. The lowest BCUT2D eigenvalue weighted by Crippen LogP contribution is -2.30. The summed E-state index contributed by atoms with van der Waals surface area (Å²) in [7, 11) is 0. The molecule has 426 valence electrons. The van der Waals surface area contributed by atoms with Crippen LogP contribution in [0.25, 0.3) is 0 Å². The summed E-state index contributed by atoms with van der Waals surface area (Å²) in [6, 6.07) is 0. The molecule has 1 atom stereocenters. The summed E-state index contributed by atoms with van der Waals surface area (Å²) in [5.41, 5.74) is 0. The largest absolute Gasteiger partial charge is 0.462 e. The SMILES string of the molecule is CC/C=C\C/C=C\C/C=C\CCCCCCCCCC(=O)OCC(COC(=O)CCCCCCCCCCCCCCCCCCCCCC)OC(=O)CCCCCCCCC/C=C\CCCCCCCCC. The molecule has 0 fully saturated rings. The van der Waals surface area contributed by atoms with Gasteiger partial charge in [0.25, 0.3) is 0 Å². The van der Waals surface area contributed by atoms with Gasteiger partial charge in [0.1, 0.15) is 13.2 Å². The van der Waals surface area contributed by atoms with Gasteiger partial charge in [0, 0.05) is 19.3 Å². The molecule has 0 aliphatic rings. The van der Waals surface area contributed by atoms with Crippen LogP contribution in [0.1, 0.15) is 342 Å². The maximum absolute atomic E-state index is 12.9. The van der Waals surface area contributed by atoms with Gasteiger partial charge in [0.15, 0.2) is 6.10 Å². The molecule has 0 aliphatic heterocycles. The molecular weight excluding hydrogens is 901 g/mol. The topological polar surface area (TPSA) is 78.9 Å². The molecule has 1 unspecified atom stereocenters. The Morgan fingerprint density at radius 2 is 0.534 bits per heavy atom. The Hall–Kier alpha value is -2.63. The second-order valence-electron chi connectivity index (χ2n) is 21.6. The monoisotopic (exact) mass is 1020 g/mol. The molecule has 0 aromatic rings. The highest BCUT2D eigenvalue weighted by molar-refractivity contribution is 5.71. The fourth-order valence-electron chi connectivity index (χ4n) is 9.51. The second kappa shape index (κ2) is 61.9. The molecule has 0 bridgehead atoms. The van der Waals surface area contributed by atoms with Crippen LogP contribution in [0.2, 0.25) is 0 Å². The van der Waals surface area contributed by atoms with Crippen LogP contribution in [0.15, 0.2) is 48.6 Å². The third-order valence-corrected chi connectivity index (χ3v) is 14.3. The molecule has 0 spiro atoms. The van der Waals surface area contributed by atoms with Gasteiger partial charge in [-0.15, -0.1) is 0 Å². The molecule has 0 radical (unpaired) electrons. The smallest absolute Gasteiger partial charge is 0.306 e. The molecule has 0 rings (SSSR count). The molecule has 6 nitrogen and oxygen atoms in total. The van der Waals surface area contributed by atoms with E-state index in [-0.39, 0.29) is 31.1 Å². The number of carbonyl (C=O) groups is 3. The Labute approximate surface area is 454 Å². The summed E-state index contributed by atoms with van der Waals surface area (Å²) in [5.74, 6) is -0.867. The first-order valence-corrected chi connectivity index (χ1v) is 32.1. The molecule has 0 heterocycles. The van der Waals surface area contributed by atoms with Crippen molar-refractivity contribution in [3.63, 3.8) is 0 Å². The minimum atomic E-state index is -0.779. The van der Waals surface area contributed by atoms with E-state index < -0.39 is 6.10 Å². The van der Waals surface area contributed by atoms with Gasteiger partial charge in [-0.2, -0.15) is 0 Å². The van der Waals surface area contributed by atoms with Crippen molar-refractivity contribution in [3.8, 4) is 0 Å². The Balaban J connectivity index is 4.34. The van der Waals surface area contributed by atoms with Gasteiger partial charge < -0.3 is 14.2 Å². The van der Waals surface area contributed by atoms with Crippen molar-refractivity contribution >= 4 is 17.9 Å². The minimum Gasteiger partial charge on any atom is -0.462 e. The van der Waals surface area contributed by atoms with E-state index >= 15 is 0 Å². The summed E-state index contributed by atoms with van der Waals surface area (Å²) in [4.78, 5) is 38.3. The molecule has 6 heteroatoms. The first kappa shape index (κ1) is 70.4. The molecular formula is C67H122O6. The van der Waals surface area contributed by atoms with Gasteiger partial charge >= 0.3 is 17.9 Å². The van der Waals surface area contributed by atoms with Gasteiger partial charge in [0.2, 0.25) is 0 Å². The molecule has 0 aliphatic carbocycles. The van der Waals surface area contributed by atoms with Gasteiger partial charge in [0.05, 0.1) is 0 Å². The van der Waals surface area contributed by atoms with E-state index in [0.29, 0.717) is 19.3 Å². The number of hydrogen-bond donors (Lipinski definition) is 0. The van der Waals surface area contributed by atoms with Crippen molar-refractivity contribution in [2.45, 2.75) is 348 Å². The molecule has 0 saturated carbocycles. The van der Waals surface area contributed by atoms with Gasteiger partial charge in [-0.1, -0.05) is 294 Å². The Morgan fingerprint density at radius 3 is 0.849 bits per heavy atom. The van der Waals surface area contributed by atoms with Crippen LogP contribution < -0.4 is 0 Å². The summed E-state index contributed by atoms with van der Waals surface area (Å²) < 4.78 is 16.9. The van der Waals surface area contributed by atoms with E-state index in [0.717, 1.165) is 83.5 Å². The van der Waals surface area contributed by atoms with E-state index in [1.54, 1.807) is 0 Å². The van der Waals surface area contributed by atoms with Crippen LogP contribution >= 0.6 is 0 Å². The van der Waals surface area contributed by atoms with Crippen LogP contribution in [0.5, 0.6) is 0 Å². The normalized spacial score (nSPS) is 12.3. The summed E-state index contributed by atoms with van der Waals surface area (Å²) in [6.45, 7) is 6.57. The molecule has 0 aromatic carbocycles. The average Bonchev–Trinajstić information content (AvgIpc) is 3.39. The molecule has 0 N–H and O–H groups in total. The van der Waals surface area contributed by atoms with Gasteiger partial charge in [-0.05, 0) is 77.0 Å². The van der Waals surface area contributed by atoms with Crippen molar-refractivity contribution in [3.05, 3.63) is 48.6 Å². The third kappa shape index (κ3) is 60.1. The zero-order valence-corrected chi connectivity index (χ0v) is 48.9. The number of esters is 3. The van der Waals surface area contributed by atoms with E-state index in [2.05, 4.69) is 69.4 Å². The average molecular weight is 1020 g/mol. The quantitative estimate of drug-likeness (QED) is 0.0261. The predicted molar refractivity (Wildman–Crippen MR) is 316 cm³/mol. The van der Waals surface area contributed by atoms with Crippen LogP contribution in [0.3, 0.4) is 0 Å². The van der Waals surface area contributed by atoms with E-state index in [1.807, 2.05) is 0 Å². The highest BCUT2D eigenvalue weighted by atomic mass is 16.6. The van der Waals surface area contributed by atoms with E-state index in [9.17, 15) is 14.4 Å². The summed E-state index contributed by atoms with van der Waals surface area (Å²) in [5, 5.41) is 0. The number of ether oxygens (including phenoxy) is 3. The van der Waals surface area contributed by atoms with Gasteiger partial charge in [-0.25, -0.2) is 0 Å². The van der Waals surface area contributed by atoms with Crippen molar-refractivity contribution in [2.24, 2.45) is 0 Å². The Morgan fingerprint density at radius 1 is 0.288 bits per heavy atom. The highest BCUT2D eigenvalue weighted by Crippen LogP contribution is 2.17. The third-order valence-electron chi connectivity index (χ3n) is 14.3. The highest BCUT2D eigenvalue weighted by Gasteiger charge is 2.19. The lowest BCUT2D eigenvalue weighted by Gasteiger charge is -2.18. The first-order valence-electron chi connectivity index (χ1n) is 32.1. The van der Waals surface area contributed by atoms with Crippen LogP contribution in [0, 0.1) is 0 Å². The van der Waals surface area contributed by atoms with Gasteiger partial charge in [-0.3, -0.25) is 14.4 Å². The van der Waals surface area contributed by atoms with Crippen LogP contribution in [-0.2, 0) is 28.6 Å². The number of rotatable bonds is 59. The molecule has 73 heavy (non-hydrogen) atoms. The zero-order chi connectivity index (χ0) is 52.9. The Kier molecular flexibility index (Phi) is 59.7. The molecule has 0 aromatic heterocycles. The lowest BCUT2D eigenvalue weighted by molar-refractivity contribution is -0.167. The number of unbranched alkanes of at least 4 members (excludes halogenated alkanes) is 40. The maximum atomic E-state index is 12.9. The maximum Gasteiger partial charge on any atom is 0.306 e. The minimum absolute atomic E-state index is 0.0743.